The first kappa shape index (κ1) is 12.9. The van der Waals surface area contributed by atoms with Crippen molar-refractivity contribution in [2.24, 2.45) is 11.3 Å². The van der Waals surface area contributed by atoms with Gasteiger partial charge in [0.15, 0.2) is 0 Å². The van der Waals surface area contributed by atoms with Crippen LogP contribution in [0.2, 0.25) is 0 Å². The van der Waals surface area contributed by atoms with Crippen LogP contribution in [0.1, 0.15) is 38.5 Å². The molecule has 1 aliphatic heterocycles. The SMILES string of the molecule is O=C(CCNC(=O)C1CC12CCNCC2)NC1CC1. The van der Waals surface area contributed by atoms with Crippen molar-refractivity contribution < 1.29 is 9.59 Å². The van der Waals surface area contributed by atoms with Crippen LogP contribution in [0, 0.1) is 11.3 Å². The first-order valence-corrected chi connectivity index (χ1v) is 7.47. The Morgan fingerprint density at radius 3 is 2.63 bits per heavy atom. The second kappa shape index (κ2) is 5.12. The summed E-state index contributed by atoms with van der Waals surface area (Å²) >= 11 is 0. The molecule has 3 fully saturated rings. The van der Waals surface area contributed by atoms with Gasteiger partial charge in [-0.05, 0) is 50.6 Å². The van der Waals surface area contributed by atoms with Crippen LogP contribution >= 0.6 is 0 Å². The number of hydrogen-bond donors (Lipinski definition) is 3. The van der Waals surface area contributed by atoms with E-state index in [1.54, 1.807) is 0 Å². The van der Waals surface area contributed by atoms with Crippen LogP contribution < -0.4 is 16.0 Å². The maximum absolute atomic E-state index is 12.0. The highest BCUT2D eigenvalue weighted by Crippen LogP contribution is 2.58. The summed E-state index contributed by atoms with van der Waals surface area (Å²) in [5.74, 6) is 0.414. The Balaban J connectivity index is 1.34. The highest BCUT2D eigenvalue weighted by molar-refractivity contribution is 5.83. The van der Waals surface area contributed by atoms with Gasteiger partial charge in [-0.2, -0.15) is 0 Å². The minimum atomic E-state index is 0.0650. The van der Waals surface area contributed by atoms with Gasteiger partial charge in [-0.25, -0.2) is 0 Å². The summed E-state index contributed by atoms with van der Waals surface area (Å²) in [5.41, 5.74) is 0.283. The molecule has 0 aromatic carbocycles. The lowest BCUT2D eigenvalue weighted by atomic mass is 9.92. The molecular formula is C14H23N3O2. The van der Waals surface area contributed by atoms with E-state index in [-0.39, 0.29) is 23.1 Å². The molecule has 2 saturated carbocycles. The molecule has 0 bridgehead atoms. The Labute approximate surface area is 113 Å². The molecular weight excluding hydrogens is 242 g/mol. The van der Waals surface area contributed by atoms with Gasteiger partial charge in [0.05, 0.1) is 0 Å². The van der Waals surface area contributed by atoms with E-state index in [4.69, 9.17) is 0 Å². The van der Waals surface area contributed by atoms with Crippen molar-refractivity contribution in [3.05, 3.63) is 0 Å². The van der Waals surface area contributed by atoms with Gasteiger partial charge >= 0.3 is 0 Å². The molecule has 1 saturated heterocycles. The molecule has 1 atom stereocenters. The minimum Gasteiger partial charge on any atom is -0.355 e. The van der Waals surface area contributed by atoms with E-state index in [9.17, 15) is 9.59 Å². The van der Waals surface area contributed by atoms with Gasteiger partial charge in [0, 0.05) is 24.9 Å². The van der Waals surface area contributed by atoms with Gasteiger partial charge in [-0.1, -0.05) is 0 Å². The van der Waals surface area contributed by atoms with Crippen molar-refractivity contribution >= 4 is 11.8 Å². The second-order valence-corrected chi connectivity index (χ2v) is 6.25. The lowest BCUT2D eigenvalue weighted by Crippen LogP contribution is -2.35. The van der Waals surface area contributed by atoms with Gasteiger partial charge in [0.25, 0.3) is 0 Å². The predicted molar refractivity (Wildman–Crippen MR) is 71.4 cm³/mol. The third-order valence-electron chi connectivity index (χ3n) is 4.70. The van der Waals surface area contributed by atoms with Gasteiger partial charge in [-0.3, -0.25) is 9.59 Å². The van der Waals surface area contributed by atoms with E-state index in [1.165, 1.54) is 0 Å². The molecule has 3 aliphatic rings. The monoisotopic (exact) mass is 265 g/mol. The largest absolute Gasteiger partial charge is 0.355 e. The van der Waals surface area contributed by atoms with E-state index in [0.717, 1.165) is 45.2 Å². The fourth-order valence-corrected chi connectivity index (χ4v) is 3.15. The van der Waals surface area contributed by atoms with Crippen molar-refractivity contribution in [1.82, 2.24) is 16.0 Å². The second-order valence-electron chi connectivity index (χ2n) is 6.25. The number of amides is 2. The Kier molecular flexibility index (Phi) is 3.48. The average Bonchev–Trinajstić information content (AvgIpc) is 3.29. The van der Waals surface area contributed by atoms with Gasteiger partial charge in [-0.15, -0.1) is 0 Å². The fraction of sp³-hybridized carbons (Fsp3) is 0.857. The molecule has 1 unspecified atom stereocenters. The van der Waals surface area contributed by atoms with Crippen LogP contribution in [-0.4, -0.2) is 37.5 Å². The molecule has 0 radical (unpaired) electrons. The normalized spacial score (nSPS) is 27.9. The zero-order valence-electron chi connectivity index (χ0n) is 11.3. The van der Waals surface area contributed by atoms with E-state index < -0.39 is 0 Å². The van der Waals surface area contributed by atoms with Crippen molar-refractivity contribution in [3.63, 3.8) is 0 Å². The summed E-state index contributed by atoms with van der Waals surface area (Å²) < 4.78 is 0. The Morgan fingerprint density at radius 1 is 1.21 bits per heavy atom. The Hall–Kier alpha value is -1.10. The first-order valence-electron chi connectivity index (χ1n) is 7.47. The lowest BCUT2D eigenvalue weighted by Gasteiger charge is -2.23. The van der Waals surface area contributed by atoms with Gasteiger partial charge < -0.3 is 16.0 Å². The minimum absolute atomic E-state index is 0.0650. The molecule has 0 aromatic rings. The van der Waals surface area contributed by atoms with Crippen molar-refractivity contribution in [2.75, 3.05) is 19.6 Å². The summed E-state index contributed by atoms with van der Waals surface area (Å²) in [7, 11) is 0. The molecule has 3 rings (SSSR count). The predicted octanol–water partition coefficient (Wildman–Crippen LogP) is 0.161. The maximum atomic E-state index is 12.0. The molecule has 0 aromatic heterocycles. The number of rotatable bonds is 5. The zero-order valence-corrected chi connectivity index (χ0v) is 11.3. The number of piperidine rings is 1. The fourth-order valence-electron chi connectivity index (χ4n) is 3.15. The van der Waals surface area contributed by atoms with Crippen LogP contribution in [0.3, 0.4) is 0 Å². The van der Waals surface area contributed by atoms with E-state index >= 15 is 0 Å². The molecule has 19 heavy (non-hydrogen) atoms. The summed E-state index contributed by atoms with van der Waals surface area (Å²) in [6, 6.07) is 0.407. The Morgan fingerprint density at radius 2 is 1.95 bits per heavy atom. The highest BCUT2D eigenvalue weighted by Gasteiger charge is 2.57. The van der Waals surface area contributed by atoms with E-state index in [2.05, 4.69) is 16.0 Å². The third kappa shape index (κ3) is 3.08. The summed E-state index contributed by atoms with van der Waals surface area (Å²) in [6.07, 6.45) is 5.90. The van der Waals surface area contributed by atoms with Gasteiger partial charge in [0.1, 0.15) is 0 Å². The summed E-state index contributed by atoms with van der Waals surface area (Å²) in [4.78, 5) is 23.5. The van der Waals surface area contributed by atoms with Crippen LogP contribution in [0.5, 0.6) is 0 Å². The Bertz CT molecular complexity index is 373. The van der Waals surface area contributed by atoms with Crippen molar-refractivity contribution in [1.29, 1.82) is 0 Å². The quantitative estimate of drug-likeness (QED) is 0.663. The van der Waals surface area contributed by atoms with Gasteiger partial charge in [0.2, 0.25) is 11.8 Å². The van der Waals surface area contributed by atoms with Crippen molar-refractivity contribution in [2.45, 2.75) is 44.6 Å². The van der Waals surface area contributed by atoms with Crippen LogP contribution in [0.25, 0.3) is 0 Å². The third-order valence-corrected chi connectivity index (χ3v) is 4.70. The van der Waals surface area contributed by atoms with Crippen LogP contribution in [-0.2, 0) is 9.59 Å². The molecule has 5 heteroatoms. The van der Waals surface area contributed by atoms with Crippen LogP contribution in [0.15, 0.2) is 0 Å². The summed E-state index contributed by atoms with van der Waals surface area (Å²) in [5, 5.41) is 9.19. The standard InChI is InChI=1S/C14H23N3O2/c18-12(17-10-1-2-10)3-6-16-13(19)11-9-14(11)4-7-15-8-5-14/h10-11,15H,1-9H2,(H,16,19)(H,17,18). The molecule has 1 heterocycles. The smallest absolute Gasteiger partial charge is 0.223 e. The topological polar surface area (TPSA) is 70.2 Å². The molecule has 2 amide bonds. The van der Waals surface area contributed by atoms with Crippen molar-refractivity contribution in [3.8, 4) is 0 Å². The zero-order chi connectivity index (χ0) is 13.3. The number of hydrogen-bond acceptors (Lipinski definition) is 3. The lowest BCUT2D eigenvalue weighted by molar-refractivity contribution is -0.123. The molecule has 5 nitrogen and oxygen atoms in total. The number of carbonyl (C=O) groups excluding carboxylic acids is 2. The van der Waals surface area contributed by atoms with E-state index in [1.807, 2.05) is 0 Å². The number of nitrogens with one attached hydrogen (secondary N) is 3. The number of carbonyl (C=O) groups is 2. The first-order chi connectivity index (χ1) is 9.20. The molecule has 1 spiro atoms. The average molecular weight is 265 g/mol. The highest BCUT2D eigenvalue weighted by atomic mass is 16.2. The summed E-state index contributed by atoms with van der Waals surface area (Å²) in [6.45, 7) is 2.55. The van der Waals surface area contributed by atoms with Crippen LogP contribution in [0.4, 0.5) is 0 Å². The van der Waals surface area contributed by atoms with E-state index in [0.29, 0.717) is 19.0 Å². The maximum Gasteiger partial charge on any atom is 0.223 e. The molecule has 106 valence electrons. The molecule has 2 aliphatic carbocycles. The molecule has 3 N–H and O–H groups in total.